The molecule has 2 rings (SSSR count). The van der Waals surface area contributed by atoms with Crippen molar-refractivity contribution in [3.63, 3.8) is 0 Å². The number of aromatic hydroxyl groups is 1. The van der Waals surface area contributed by atoms with Crippen LogP contribution in [0, 0.1) is 6.92 Å². The predicted molar refractivity (Wildman–Crippen MR) is 94.9 cm³/mol. The summed E-state index contributed by atoms with van der Waals surface area (Å²) in [5.41, 5.74) is 1.02. The third-order valence-corrected chi connectivity index (χ3v) is 5.81. The molecule has 0 unspecified atom stereocenters. The van der Waals surface area contributed by atoms with Crippen molar-refractivity contribution in [1.82, 2.24) is 4.72 Å². The monoisotopic (exact) mass is 366 g/mol. The van der Waals surface area contributed by atoms with Gasteiger partial charge in [0.05, 0.1) is 10.6 Å². The number of carbonyl (C=O) groups is 1. The van der Waals surface area contributed by atoms with Crippen molar-refractivity contribution >= 4 is 33.4 Å². The molecule has 0 saturated carbocycles. The average Bonchev–Trinajstić information content (AvgIpc) is 2.56. The van der Waals surface area contributed by atoms with E-state index in [2.05, 4.69) is 10.0 Å². The summed E-state index contributed by atoms with van der Waals surface area (Å²) in [6.07, 6.45) is 0. The summed E-state index contributed by atoms with van der Waals surface area (Å²) in [7, 11) is -2.24. The smallest absolute Gasteiger partial charge is 0.240 e. The van der Waals surface area contributed by atoms with Gasteiger partial charge in [-0.25, -0.2) is 13.1 Å². The minimum absolute atomic E-state index is 0.133. The van der Waals surface area contributed by atoms with Gasteiger partial charge in [0, 0.05) is 10.6 Å². The highest BCUT2D eigenvalue weighted by molar-refractivity contribution is 8.00. The second-order valence-corrected chi connectivity index (χ2v) is 7.92. The van der Waals surface area contributed by atoms with E-state index < -0.39 is 10.0 Å². The van der Waals surface area contributed by atoms with Crippen LogP contribution >= 0.6 is 11.8 Å². The van der Waals surface area contributed by atoms with Crippen LogP contribution in [0.3, 0.4) is 0 Å². The van der Waals surface area contributed by atoms with Crippen LogP contribution in [0.15, 0.2) is 52.3 Å². The van der Waals surface area contributed by atoms with Crippen molar-refractivity contribution in [2.75, 3.05) is 18.1 Å². The van der Waals surface area contributed by atoms with Gasteiger partial charge in [-0.05, 0) is 55.9 Å². The fraction of sp³-hybridized carbons (Fsp3) is 0.188. The molecule has 3 N–H and O–H groups in total. The van der Waals surface area contributed by atoms with Crippen LogP contribution in [-0.4, -0.2) is 32.2 Å². The first kappa shape index (κ1) is 18.3. The van der Waals surface area contributed by atoms with Crippen LogP contribution in [0.25, 0.3) is 0 Å². The standard InChI is InChI=1S/C16H18N2O4S2/c1-11-3-4-12(9-15(11)24(21,22)17-2)18-16(20)10-23-14-7-5-13(19)6-8-14/h3-9,17,19H,10H2,1-2H3,(H,18,20). The number of nitrogens with one attached hydrogen (secondary N) is 2. The highest BCUT2D eigenvalue weighted by Gasteiger charge is 2.15. The highest BCUT2D eigenvalue weighted by Crippen LogP contribution is 2.22. The number of aryl methyl sites for hydroxylation is 1. The Kier molecular flexibility index (Phi) is 5.87. The minimum atomic E-state index is -3.58. The average molecular weight is 366 g/mol. The molecule has 0 fully saturated rings. The molecule has 0 aromatic heterocycles. The third kappa shape index (κ3) is 4.73. The summed E-state index contributed by atoms with van der Waals surface area (Å²) in [6, 6.07) is 11.3. The fourth-order valence-electron chi connectivity index (χ4n) is 1.97. The number of carbonyl (C=O) groups excluding carboxylic acids is 1. The zero-order valence-corrected chi connectivity index (χ0v) is 14.9. The molecule has 0 heterocycles. The molecule has 0 radical (unpaired) electrons. The van der Waals surface area contributed by atoms with E-state index in [0.717, 1.165) is 4.90 Å². The van der Waals surface area contributed by atoms with Gasteiger partial charge in [-0.2, -0.15) is 0 Å². The van der Waals surface area contributed by atoms with E-state index in [1.165, 1.54) is 24.9 Å². The maximum Gasteiger partial charge on any atom is 0.240 e. The minimum Gasteiger partial charge on any atom is -0.508 e. The van der Waals surface area contributed by atoms with E-state index >= 15 is 0 Å². The molecule has 6 nitrogen and oxygen atoms in total. The first-order chi connectivity index (χ1) is 11.3. The summed E-state index contributed by atoms with van der Waals surface area (Å²) < 4.78 is 26.2. The maximum atomic E-state index is 12.0. The Morgan fingerprint density at radius 2 is 1.83 bits per heavy atom. The van der Waals surface area contributed by atoms with Crippen molar-refractivity contribution in [2.24, 2.45) is 0 Å². The molecule has 0 bridgehead atoms. The zero-order valence-electron chi connectivity index (χ0n) is 13.2. The number of hydrogen-bond acceptors (Lipinski definition) is 5. The number of anilines is 1. The molecule has 0 aliphatic heterocycles. The van der Waals surface area contributed by atoms with Gasteiger partial charge in [-0.3, -0.25) is 4.79 Å². The van der Waals surface area contributed by atoms with Crippen LogP contribution in [-0.2, 0) is 14.8 Å². The van der Waals surface area contributed by atoms with E-state index in [4.69, 9.17) is 0 Å². The Bertz CT molecular complexity index is 834. The Hall–Kier alpha value is -2.03. The molecule has 8 heteroatoms. The maximum absolute atomic E-state index is 12.0. The van der Waals surface area contributed by atoms with Crippen molar-refractivity contribution < 1.29 is 18.3 Å². The molecular formula is C16H18N2O4S2. The first-order valence-electron chi connectivity index (χ1n) is 7.08. The van der Waals surface area contributed by atoms with Crippen LogP contribution in [0.5, 0.6) is 5.75 Å². The number of amides is 1. The predicted octanol–water partition coefficient (Wildman–Crippen LogP) is 2.34. The van der Waals surface area contributed by atoms with Crippen molar-refractivity contribution in [1.29, 1.82) is 0 Å². The van der Waals surface area contributed by atoms with E-state index in [9.17, 15) is 18.3 Å². The van der Waals surface area contributed by atoms with Gasteiger partial charge in [0.2, 0.25) is 15.9 Å². The SMILES string of the molecule is CNS(=O)(=O)c1cc(NC(=O)CSc2ccc(O)cc2)ccc1C. The number of sulfonamides is 1. The number of hydrogen-bond donors (Lipinski definition) is 3. The van der Waals surface area contributed by atoms with Crippen molar-refractivity contribution in [3.05, 3.63) is 48.0 Å². The van der Waals surface area contributed by atoms with Gasteiger partial charge in [0.1, 0.15) is 5.75 Å². The number of thioether (sulfide) groups is 1. The quantitative estimate of drug-likeness (QED) is 0.682. The third-order valence-electron chi connectivity index (χ3n) is 3.24. The Morgan fingerprint density at radius 1 is 1.17 bits per heavy atom. The topological polar surface area (TPSA) is 95.5 Å². The van der Waals surface area contributed by atoms with E-state index in [-0.39, 0.29) is 22.3 Å². The number of phenols is 1. The Labute approximate surface area is 145 Å². The second kappa shape index (κ2) is 7.69. The molecule has 2 aromatic carbocycles. The van der Waals surface area contributed by atoms with E-state index in [1.807, 2.05) is 0 Å². The van der Waals surface area contributed by atoms with Gasteiger partial charge < -0.3 is 10.4 Å². The van der Waals surface area contributed by atoms with E-state index in [1.54, 1.807) is 43.3 Å². The van der Waals surface area contributed by atoms with Crippen LogP contribution in [0.2, 0.25) is 0 Å². The summed E-state index contributed by atoms with van der Waals surface area (Å²) in [4.78, 5) is 13.0. The van der Waals surface area contributed by atoms with Gasteiger partial charge in [0.25, 0.3) is 0 Å². The molecule has 0 aliphatic carbocycles. The van der Waals surface area contributed by atoms with Crippen LogP contribution < -0.4 is 10.0 Å². The summed E-state index contributed by atoms with van der Waals surface area (Å²) in [5, 5.41) is 11.9. The number of benzene rings is 2. The largest absolute Gasteiger partial charge is 0.508 e. The molecule has 0 atom stereocenters. The number of phenolic OH excluding ortho intramolecular Hbond substituents is 1. The molecule has 0 saturated heterocycles. The molecule has 24 heavy (non-hydrogen) atoms. The second-order valence-electron chi connectivity index (χ2n) is 5.02. The highest BCUT2D eigenvalue weighted by atomic mass is 32.2. The van der Waals surface area contributed by atoms with Crippen molar-refractivity contribution in [3.8, 4) is 5.75 Å². The molecule has 2 aromatic rings. The Morgan fingerprint density at radius 3 is 2.46 bits per heavy atom. The van der Waals surface area contributed by atoms with Crippen LogP contribution in [0.4, 0.5) is 5.69 Å². The lowest BCUT2D eigenvalue weighted by Gasteiger charge is -2.10. The molecule has 0 spiro atoms. The van der Waals surface area contributed by atoms with Gasteiger partial charge in [0.15, 0.2) is 0 Å². The van der Waals surface area contributed by atoms with E-state index in [0.29, 0.717) is 11.3 Å². The Balaban J connectivity index is 2.04. The van der Waals surface area contributed by atoms with Gasteiger partial charge >= 0.3 is 0 Å². The summed E-state index contributed by atoms with van der Waals surface area (Å²) in [5.74, 6) is 0.0960. The fourth-order valence-corrected chi connectivity index (χ4v) is 3.66. The zero-order chi connectivity index (χ0) is 17.7. The summed E-state index contributed by atoms with van der Waals surface area (Å²) in [6.45, 7) is 1.69. The lowest BCUT2D eigenvalue weighted by Crippen LogP contribution is -2.20. The molecule has 0 aliphatic rings. The molecular weight excluding hydrogens is 348 g/mol. The summed E-state index contributed by atoms with van der Waals surface area (Å²) >= 11 is 1.32. The lowest BCUT2D eigenvalue weighted by atomic mass is 10.2. The van der Waals surface area contributed by atoms with Gasteiger partial charge in [-0.15, -0.1) is 11.8 Å². The van der Waals surface area contributed by atoms with Crippen LogP contribution in [0.1, 0.15) is 5.56 Å². The molecule has 128 valence electrons. The van der Waals surface area contributed by atoms with Crippen molar-refractivity contribution in [2.45, 2.75) is 16.7 Å². The van der Waals surface area contributed by atoms with Gasteiger partial charge in [-0.1, -0.05) is 6.07 Å². The number of rotatable bonds is 6. The molecule has 1 amide bonds. The first-order valence-corrected chi connectivity index (χ1v) is 9.54. The normalized spacial score (nSPS) is 11.2. The lowest BCUT2D eigenvalue weighted by molar-refractivity contribution is -0.113.